The van der Waals surface area contributed by atoms with Crippen LogP contribution in [0.2, 0.25) is 0 Å². The second-order valence-corrected chi connectivity index (χ2v) is 3.12. The third-order valence-corrected chi connectivity index (χ3v) is 1.61. The maximum Gasteiger partial charge on any atom is 0.411 e. The van der Waals surface area contributed by atoms with E-state index in [4.69, 9.17) is 4.74 Å². The van der Waals surface area contributed by atoms with Crippen LogP contribution >= 0.6 is 0 Å². The fourth-order valence-corrected chi connectivity index (χ4v) is 0.954. The van der Waals surface area contributed by atoms with Gasteiger partial charge in [0.1, 0.15) is 6.61 Å². The van der Waals surface area contributed by atoms with Gasteiger partial charge in [-0.3, -0.25) is 0 Å². The van der Waals surface area contributed by atoms with E-state index in [-0.39, 0.29) is 6.61 Å². The summed E-state index contributed by atoms with van der Waals surface area (Å²) in [5, 5.41) is 3.08. The molecule has 0 aromatic carbocycles. The Morgan fingerprint density at radius 2 is 1.67 bits per heavy atom. The summed E-state index contributed by atoms with van der Waals surface area (Å²) in [7, 11) is 1.63. The number of alkyl halides is 3. The standard InChI is InChI=1S/C9H18F3NO2/c1-14-6-2-4-13-5-3-7-15-8-9(10,11)12/h13H,2-8H2,1H3. The van der Waals surface area contributed by atoms with E-state index < -0.39 is 12.8 Å². The molecule has 0 saturated heterocycles. The molecule has 0 saturated carbocycles. The molecule has 0 amide bonds. The van der Waals surface area contributed by atoms with Crippen LogP contribution in [0.15, 0.2) is 0 Å². The Labute approximate surface area is 87.9 Å². The first kappa shape index (κ1) is 14.7. The van der Waals surface area contributed by atoms with Crippen LogP contribution in [-0.4, -0.2) is 46.2 Å². The summed E-state index contributed by atoms with van der Waals surface area (Å²) in [6, 6.07) is 0. The van der Waals surface area contributed by atoms with Crippen LogP contribution in [0, 0.1) is 0 Å². The van der Waals surface area contributed by atoms with Gasteiger partial charge in [-0.05, 0) is 25.9 Å². The second-order valence-electron chi connectivity index (χ2n) is 3.12. The lowest BCUT2D eigenvalue weighted by Crippen LogP contribution is -2.21. The molecule has 15 heavy (non-hydrogen) atoms. The zero-order valence-corrected chi connectivity index (χ0v) is 8.90. The van der Waals surface area contributed by atoms with Gasteiger partial charge >= 0.3 is 6.18 Å². The van der Waals surface area contributed by atoms with E-state index >= 15 is 0 Å². The maximum atomic E-state index is 11.6. The summed E-state index contributed by atoms with van der Waals surface area (Å²) in [6.07, 6.45) is -2.73. The molecule has 3 nitrogen and oxygen atoms in total. The lowest BCUT2D eigenvalue weighted by molar-refractivity contribution is -0.173. The van der Waals surface area contributed by atoms with Crippen LogP contribution < -0.4 is 5.32 Å². The van der Waals surface area contributed by atoms with Crippen LogP contribution in [0.25, 0.3) is 0 Å². The first-order chi connectivity index (χ1) is 7.06. The highest BCUT2D eigenvalue weighted by Gasteiger charge is 2.26. The number of rotatable bonds is 9. The van der Waals surface area contributed by atoms with Gasteiger partial charge in [-0.25, -0.2) is 0 Å². The van der Waals surface area contributed by atoms with Crippen LogP contribution in [-0.2, 0) is 9.47 Å². The largest absolute Gasteiger partial charge is 0.411 e. The van der Waals surface area contributed by atoms with Crippen molar-refractivity contribution >= 4 is 0 Å². The minimum atomic E-state index is -4.22. The molecule has 0 heterocycles. The SMILES string of the molecule is COCCCNCCCOCC(F)(F)F. The van der Waals surface area contributed by atoms with Gasteiger partial charge in [-0.1, -0.05) is 0 Å². The maximum absolute atomic E-state index is 11.6. The molecule has 0 aliphatic carbocycles. The topological polar surface area (TPSA) is 30.5 Å². The van der Waals surface area contributed by atoms with Crippen molar-refractivity contribution in [1.29, 1.82) is 0 Å². The number of halogens is 3. The predicted octanol–water partition coefficient (Wildman–Crippen LogP) is 1.58. The molecular weight excluding hydrogens is 211 g/mol. The molecule has 0 rings (SSSR count). The average Bonchev–Trinajstić information content (AvgIpc) is 2.14. The van der Waals surface area contributed by atoms with Gasteiger partial charge in [-0.15, -0.1) is 0 Å². The summed E-state index contributed by atoms with van der Waals surface area (Å²) < 4.78 is 44.1. The Hall–Kier alpha value is -0.330. The number of hydrogen-bond acceptors (Lipinski definition) is 3. The van der Waals surface area contributed by atoms with E-state index in [9.17, 15) is 13.2 Å². The van der Waals surface area contributed by atoms with E-state index in [2.05, 4.69) is 10.1 Å². The van der Waals surface area contributed by atoms with Gasteiger partial charge in [0.25, 0.3) is 0 Å². The molecular formula is C9H18F3NO2. The number of hydrogen-bond donors (Lipinski definition) is 1. The van der Waals surface area contributed by atoms with Crippen LogP contribution in [0.1, 0.15) is 12.8 Å². The van der Waals surface area contributed by atoms with E-state index in [0.717, 1.165) is 13.0 Å². The summed E-state index contributed by atoms with van der Waals surface area (Å²) in [5.74, 6) is 0. The van der Waals surface area contributed by atoms with Crippen molar-refractivity contribution in [3.63, 3.8) is 0 Å². The Morgan fingerprint density at radius 1 is 1.07 bits per heavy atom. The van der Waals surface area contributed by atoms with Crippen molar-refractivity contribution < 1.29 is 22.6 Å². The fourth-order valence-electron chi connectivity index (χ4n) is 0.954. The van der Waals surface area contributed by atoms with Gasteiger partial charge in [0.05, 0.1) is 0 Å². The van der Waals surface area contributed by atoms with E-state index in [1.54, 1.807) is 7.11 Å². The Bertz CT molecular complexity index is 142. The minimum absolute atomic E-state index is 0.136. The van der Waals surface area contributed by atoms with Crippen LogP contribution in [0.3, 0.4) is 0 Å². The third-order valence-electron chi connectivity index (χ3n) is 1.61. The molecule has 92 valence electrons. The van der Waals surface area contributed by atoms with Crippen molar-refractivity contribution in [2.45, 2.75) is 19.0 Å². The summed E-state index contributed by atoms with van der Waals surface area (Å²) >= 11 is 0. The van der Waals surface area contributed by atoms with Crippen molar-refractivity contribution in [2.24, 2.45) is 0 Å². The van der Waals surface area contributed by atoms with Gasteiger partial charge < -0.3 is 14.8 Å². The molecule has 0 aliphatic heterocycles. The monoisotopic (exact) mass is 229 g/mol. The zero-order valence-electron chi connectivity index (χ0n) is 8.90. The molecule has 0 spiro atoms. The highest BCUT2D eigenvalue weighted by molar-refractivity contribution is 4.49. The summed E-state index contributed by atoms with van der Waals surface area (Å²) in [5.41, 5.74) is 0. The molecule has 0 fully saturated rings. The summed E-state index contributed by atoms with van der Waals surface area (Å²) in [4.78, 5) is 0. The van der Waals surface area contributed by atoms with E-state index in [0.29, 0.717) is 19.6 Å². The molecule has 0 aliphatic rings. The molecule has 0 atom stereocenters. The third kappa shape index (κ3) is 13.7. The summed E-state index contributed by atoms with van der Waals surface area (Å²) in [6.45, 7) is 1.15. The molecule has 0 radical (unpaired) electrons. The van der Waals surface area contributed by atoms with Crippen molar-refractivity contribution in [2.75, 3.05) is 40.0 Å². The molecule has 1 N–H and O–H groups in total. The van der Waals surface area contributed by atoms with Gasteiger partial charge in [0.2, 0.25) is 0 Å². The average molecular weight is 229 g/mol. The lowest BCUT2D eigenvalue weighted by atomic mass is 10.4. The Morgan fingerprint density at radius 3 is 2.20 bits per heavy atom. The lowest BCUT2D eigenvalue weighted by Gasteiger charge is -2.07. The second kappa shape index (κ2) is 8.94. The highest BCUT2D eigenvalue weighted by Crippen LogP contribution is 2.14. The van der Waals surface area contributed by atoms with Crippen molar-refractivity contribution in [3.05, 3.63) is 0 Å². The highest BCUT2D eigenvalue weighted by atomic mass is 19.4. The fraction of sp³-hybridized carbons (Fsp3) is 1.00. The van der Waals surface area contributed by atoms with Crippen molar-refractivity contribution in [3.8, 4) is 0 Å². The Balaban J connectivity index is 2.99. The predicted molar refractivity (Wildman–Crippen MR) is 50.9 cm³/mol. The van der Waals surface area contributed by atoms with Gasteiger partial charge in [0, 0.05) is 20.3 Å². The number of ether oxygens (including phenoxy) is 2. The van der Waals surface area contributed by atoms with Crippen LogP contribution in [0.5, 0.6) is 0 Å². The molecule has 0 unspecified atom stereocenters. The minimum Gasteiger partial charge on any atom is -0.385 e. The van der Waals surface area contributed by atoms with Crippen molar-refractivity contribution in [1.82, 2.24) is 5.32 Å². The van der Waals surface area contributed by atoms with E-state index in [1.807, 2.05) is 0 Å². The number of methoxy groups -OCH3 is 1. The molecule has 6 heteroatoms. The molecule has 0 aromatic heterocycles. The van der Waals surface area contributed by atoms with Gasteiger partial charge in [0.15, 0.2) is 0 Å². The van der Waals surface area contributed by atoms with Crippen LogP contribution in [0.4, 0.5) is 13.2 Å². The first-order valence-electron chi connectivity index (χ1n) is 4.90. The van der Waals surface area contributed by atoms with Gasteiger partial charge in [-0.2, -0.15) is 13.2 Å². The van der Waals surface area contributed by atoms with E-state index in [1.165, 1.54) is 0 Å². The normalized spacial score (nSPS) is 12.0. The zero-order chi connectivity index (χ0) is 11.6. The smallest absolute Gasteiger partial charge is 0.385 e. The number of nitrogens with one attached hydrogen (secondary N) is 1. The quantitative estimate of drug-likeness (QED) is 0.609. The molecule has 0 aromatic rings. The Kier molecular flexibility index (Phi) is 8.74. The molecule has 0 bridgehead atoms. The first-order valence-corrected chi connectivity index (χ1v) is 4.90.